The van der Waals surface area contributed by atoms with E-state index >= 15 is 0 Å². The van der Waals surface area contributed by atoms with Crippen LogP contribution in [-0.2, 0) is 0 Å². The second kappa shape index (κ2) is 3.78. The van der Waals surface area contributed by atoms with Gasteiger partial charge in [0.25, 0.3) is 0 Å². The Morgan fingerprint density at radius 2 is 2.24 bits per heavy atom. The summed E-state index contributed by atoms with van der Waals surface area (Å²) in [6.07, 6.45) is 0. The maximum absolute atomic E-state index is 5.53. The molecule has 17 heavy (non-hydrogen) atoms. The standard InChI is InChI=1S/C12H10N2O2S/c1-15-12-7(9-6-11(13)16-14-9)2-3-10-8(12)4-5-17-10/h2-6H,13H2,1H3. The average molecular weight is 246 g/mol. The Hall–Kier alpha value is -2.01. The highest BCUT2D eigenvalue weighted by Gasteiger charge is 2.13. The van der Waals surface area contributed by atoms with E-state index in [0.29, 0.717) is 11.6 Å². The summed E-state index contributed by atoms with van der Waals surface area (Å²) in [5.41, 5.74) is 7.11. The van der Waals surface area contributed by atoms with E-state index in [2.05, 4.69) is 5.16 Å². The summed E-state index contributed by atoms with van der Waals surface area (Å²) in [7, 11) is 1.65. The number of nitrogens with two attached hydrogens (primary N) is 1. The molecule has 0 unspecified atom stereocenters. The highest BCUT2D eigenvalue weighted by molar-refractivity contribution is 7.17. The SMILES string of the molecule is COc1c(-c2cc(N)on2)ccc2sccc12. The molecule has 2 N–H and O–H groups in total. The number of anilines is 1. The first-order valence-electron chi connectivity index (χ1n) is 5.06. The number of benzene rings is 1. The molecule has 0 fully saturated rings. The van der Waals surface area contributed by atoms with Gasteiger partial charge < -0.3 is 15.0 Å². The van der Waals surface area contributed by atoms with Crippen molar-refractivity contribution in [1.29, 1.82) is 0 Å². The molecule has 0 atom stereocenters. The van der Waals surface area contributed by atoms with E-state index in [1.54, 1.807) is 24.5 Å². The van der Waals surface area contributed by atoms with Crippen LogP contribution in [0, 0.1) is 0 Å². The highest BCUT2D eigenvalue weighted by Crippen LogP contribution is 2.38. The van der Waals surface area contributed by atoms with Crippen molar-refractivity contribution >= 4 is 27.3 Å². The summed E-state index contributed by atoms with van der Waals surface area (Å²) >= 11 is 1.68. The van der Waals surface area contributed by atoms with Crippen LogP contribution in [-0.4, -0.2) is 12.3 Å². The van der Waals surface area contributed by atoms with Gasteiger partial charge in [0.05, 0.1) is 7.11 Å². The predicted octanol–water partition coefficient (Wildman–Crippen LogP) is 3.15. The van der Waals surface area contributed by atoms with E-state index in [0.717, 1.165) is 16.7 Å². The highest BCUT2D eigenvalue weighted by atomic mass is 32.1. The van der Waals surface area contributed by atoms with Crippen LogP contribution in [0.5, 0.6) is 5.75 Å². The molecular weight excluding hydrogens is 236 g/mol. The molecule has 0 aliphatic rings. The van der Waals surface area contributed by atoms with E-state index in [-0.39, 0.29) is 0 Å². The zero-order valence-corrected chi connectivity index (χ0v) is 9.95. The number of nitrogens with zero attached hydrogens (tertiary/aromatic N) is 1. The lowest BCUT2D eigenvalue weighted by atomic mass is 10.1. The Bertz CT molecular complexity index is 672. The first-order chi connectivity index (χ1) is 8.29. The molecule has 0 bridgehead atoms. The zero-order chi connectivity index (χ0) is 11.8. The lowest BCUT2D eigenvalue weighted by molar-refractivity contribution is 0.418. The molecule has 1 aromatic carbocycles. The van der Waals surface area contributed by atoms with Gasteiger partial charge in [-0.05, 0) is 23.6 Å². The summed E-state index contributed by atoms with van der Waals surface area (Å²) in [5.74, 6) is 1.10. The molecule has 2 aromatic heterocycles. The minimum absolute atomic E-state index is 0.299. The molecule has 0 aliphatic carbocycles. The Morgan fingerprint density at radius 1 is 1.35 bits per heavy atom. The van der Waals surface area contributed by atoms with E-state index in [4.69, 9.17) is 15.0 Å². The van der Waals surface area contributed by atoms with E-state index in [9.17, 15) is 0 Å². The minimum atomic E-state index is 0.299. The molecule has 0 spiro atoms. The van der Waals surface area contributed by atoms with Gasteiger partial charge in [0.1, 0.15) is 11.4 Å². The van der Waals surface area contributed by atoms with Crippen molar-refractivity contribution in [3.05, 3.63) is 29.6 Å². The van der Waals surface area contributed by atoms with Gasteiger partial charge in [-0.2, -0.15) is 0 Å². The molecule has 0 saturated carbocycles. The molecule has 0 amide bonds. The number of methoxy groups -OCH3 is 1. The summed E-state index contributed by atoms with van der Waals surface area (Å²) in [4.78, 5) is 0. The van der Waals surface area contributed by atoms with Crippen LogP contribution < -0.4 is 10.5 Å². The van der Waals surface area contributed by atoms with Crippen molar-refractivity contribution in [2.45, 2.75) is 0 Å². The number of hydrogen-bond donors (Lipinski definition) is 1. The van der Waals surface area contributed by atoms with Crippen molar-refractivity contribution < 1.29 is 9.26 Å². The number of ether oxygens (including phenoxy) is 1. The van der Waals surface area contributed by atoms with Crippen LogP contribution in [0.3, 0.4) is 0 Å². The van der Waals surface area contributed by atoms with Crippen molar-refractivity contribution in [3.8, 4) is 17.0 Å². The third kappa shape index (κ3) is 1.55. The third-order valence-electron chi connectivity index (χ3n) is 2.59. The number of rotatable bonds is 2. The number of fused-ring (bicyclic) bond motifs is 1. The van der Waals surface area contributed by atoms with Gasteiger partial charge in [0.15, 0.2) is 0 Å². The Labute approximate surface area is 102 Å². The van der Waals surface area contributed by atoms with E-state index < -0.39 is 0 Å². The van der Waals surface area contributed by atoms with Gasteiger partial charge in [0, 0.05) is 21.7 Å². The molecule has 3 rings (SSSR count). The predicted molar refractivity (Wildman–Crippen MR) is 68.3 cm³/mol. The monoisotopic (exact) mass is 246 g/mol. The maximum Gasteiger partial charge on any atom is 0.222 e. The van der Waals surface area contributed by atoms with Crippen molar-refractivity contribution in [1.82, 2.24) is 5.16 Å². The minimum Gasteiger partial charge on any atom is -0.495 e. The van der Waals surface area contributed by atoms with Gasteiger partial charge in [-0.1, -0.05) is 5.16 Å². The van der Waals surface area contributed by atoms with Crippen molar-refractivity contribution in [3.63, 3.8) is 0 Å². The average Bonchev–Trinajstić information content (AvgIpc) is 2.95. The number of hydrogen-bond acceptors (Lipinski definition) is 5. The molecule has 0 saturated heterocycles. The molecule has 4 nitrogen and oxygen atoms in total. The second-order valence-electron chi connectivity index (χ2n) is 3.59. The second-order valence-corrected chi connectivity index (χ2v) is 4.54. The van der Waals surface area contributed by atoms with Crippen LogP contribution in [0.25, 0.3) is 21.3 Å². The van der Waals surface area contributed by atoms with Gasteiger partial charge in [-0.3, -0.25) is 0 Å². The number of aromatic nitrogens is 1. The molecule has 86 valence electrons. The van der Waals surface area contributed by atoms with E-state index in [1.165, 1.54) is 4.70 Å². The summed E-state index contributed by atoms with van der Waals surface area (Å²) < 4.78 is 11.5. The summed E-state index contributed by atoms with van der Waals surface area (Å²) in [6.45, 7) is 0. The first kappa shape index (κ1) is 10.2. The molecule has 2 heterocycles. The van der Waals surface area contributed by atoms with Gasteiger partial charge >= 0.3 is 0 Å². The molecular formula is C12H10N2O2S. The van der Waals surface area contributed by atoms with Gasteiger partial charge in [-0.15, -0.1) is 11.3 Å². The van der Waals surface area contributed by atoms with Crippen LogP contribution >= 0.6 is 11.3 Å². The number of nitrogen functional groups attached to an aromatic ring is 1. The fraction of sp³-hybridized carbons (Fsp3) is 0.0833. The smallest absolute Gasteiger partial charge is 0.222 e. The zero-order valence-electron chi connectivity index (χ0n) is 9.14. The normalized spacial score (nSPS) is 10.9. The molecule has 5 heteroatoms. The maximum atomic E-state index is 5.53. The molecule has 0 radical (unpaired) electrons. The Balaban J connectivity index is 2.28. The topological polar surface area (TPSA) is 61.3 Å². The summed E-state index contributed by atoms with van der Waals surface area (Å²) in [6, 6.07) is 7.74. The third-order valence-corrected chi connectivity index (χ3v) is 3.48. The van der Waals surface area contributed by atoms with Crippen LogP contribution in [0.2, 0.25) is 0 Å². The van der Waals surface area contributed by atoms with Gasteiger partial charge in [-0.25, -0.2) is 0 Å². The van der Waals surface area contributed by atoms with Crippen LogP contribution in [0.4, 0.5) is 5.88 Å². The van der Waals surface area contributed by atoms with Crippen LogP contribution in [0.1, 0.15) is 0 Å². The number of thiophene rings is 1. The Kier molecular flexibility index (Phi) is 2.26. The van der Waals surface area contributed by atoms with Crippen molar-refractivity contribution in [2.75, 3.05) is 12.8 Å². The fourth-order valence-electron chi connectivity index (χ4n) is 1.86. The fourth-order valence-corrected chi connectivity index (χ4v) is 2.64. The van der Waals surface area contributed by atoms with Crippen molar-refractivity contribution in [2.24, 2.45) is 0 Å². The quantitative estimate of drug-likeness (QED) is 0.754. The lowest BCUT2D eigenvalue weighted by Gasteiger charge is -2.06. The van der Waals surface area contributed by atoms with E-state index in [1.807, 2.05) is 23.6 Å². The first-order valence-corrected chi connectivity index (χ1v) is 5.94. The van der Waals surface area contributed by atoms with Gasteiger partial charge in [0.2, 0.25) is 5.88 Å². The largest absolute Gasteiger partial charge is 0.495 e. The van der Waals surface area contributed by atoms with Crippen LogP contribution in [0.15, 0.2) is 34.2 Å². The molecule has 0 aliphatic heterocycles. The lowest BCUT2D eigenvalue weighted by Crippen LogP contribution is -1.88. The Morgan fingerprint density at radius 3 is 2.94 bits per heavy atom. The summed E-state index contributed by atoms with van der Waals surface area (Å²) in [5, 5.41) is 7.03. The molecule has 3 aromatic rings.